The van der Waals surface area contributed by atoms with Gasteiger partial charge in [0.25, 0.3) is 10.0 Å². The molecule has 0 unspecified atom stereocenters. The number of rotatable bonds is 8. The molecule has 31 heavy (non-hydrogen) atoms. The van der Waals surface area contributed by atoms with Gasteiger partial charge in [0, 0.05) is 26.2 Å². The first kappa shape index (κ1) is 23.6. The summed E-state index contributed by atoms with van der Waals surface area (Å²) in [5.41, 5.74) is 1.38. The van der Waals surface area contributed by atoms with E-state index in [0.717, 1.165) is 31.6 Å². The van der Waals surface area contributed by atoms with Crippen molar-refractivity contribution in [1.29, 1.82) is 0 Å². The fraction of sp³-hybridized carbons (Fsp3) is 0.455. The van der Waals surface area contributed by atoms with E-state index in [9.17, 15) is 16.8 Å². The Kier molecular flexibility index (Phi) is 7.28. The summed E-state index contributed by atoms with van der Waals surface area (Å²) in [5.74, 6) is 0.672. The molecule has 9 heteroatoms. The summed E-state index contributed by atoms with van der Waals surface area (Å²) in [6, 6.07) is 12.7. The van der Waals surface area contributed by atoms with Gasteiger partial charge in [0.1, 0.15) is 0 Å². The van der Waals surface area contributed by atoms with Crippen LogP contribution in [0.3, 0.4) is 0 Å². The molecule has 2 aromatic rings. The molecule has 3 rings (SSSR count). The molecule has 0 spiro atoms. The Morgan fingerprint density at radius 1 is 0.903 bits per heavy atom. The summed E-state index contributed by atoms with van der Waals surface area (Å²) in [5, 5.41) is 0. The van der Waals surface area contributed by atoms with Crippen molar-refractivity contribution in [3.05, 3.63) is 48.5 Å². The molecule has 1 aliphatic heterocycles. The first-order valence-electron chi connectivity index (χ1n) is 10.7. The van der Waals surface area contributed by atoms with Crippen molar-refractivity contribution in [1.82, 2.24) is 4.31 Å². The summed E-state index contributed by atoms with van der Waals surface area (Å²) < 4.78 is 55.3. The van der Waals surface area contributed by atoms with Gasteiger partial charge in [0.15, 0.2) is 0 Å². The lowest BCUT2D eigenvalue weighted by Crippen LogP contribution is -2.33. The summed E-state index contributed by atoms with van der Waals surface area (Å²) in [6.07, 6.45) is 2.15. The van der Waals surface area contributed by atoms with Crippen LogP contribution in [0, 0.1) is 5.92 Å². The van der Waals surface area contributed by atoms with Crippen molar-refractivity contribution >= 4 is 31.4 Å². The van der Waals surface area contributed by atoms with Crippen molar-refractivity contribution in [3.63, 3.8) is 0 Å². The fourth-order valence-corrected chi connectivity index (χ4v) is 6.32. The maximum absolute atomic E-state index is 13.0. The maximum Gasteiger partial charge on any atom is 0.261 e. The van der Waals surface area contributed by atoms with Crippen molar-refractivity contribution in [2.45, 2.75) is 43.4 Å². The van der Waals surface area contributed by atoms with E-state index in [1.54, 1.807) is 26.0 Å². The fourth-order valence-electron chi connectivity index (χ4n) is 3.79. The average molecular weight is 466 g/mol. The highest BCUT2D eigenvalue weighted by atomic mass is 32.2. The standard InChI is InChI=1S/C22H31N3O4S2/c1-4-25(5-2)31(28,29)20-12-10-19(11-13-20)30(26,27)23-21-8-6-7-9-22(21)24-16-14-18(3)15-17-24/h6-13,18,23H,4-5,14-17H2,1-3H3. The van der Waals surface area contributed by atoms with Gasteiger partial charge in [0.2, 0.25) is 10.0 Å². The summed E-state index contributed by atoms with van der Waals surface area (Å²) >= 11 is 0. The number of hydrogen-bond acceptors (Lipinski definition) is 5. The molecule has 1 N–H and O–H groups in total. The second-order valence-electron chi connectivity index (χ2n) is 7.85. The van der Waals surface area contributed by atoms with Gasteiger partial charge in [-0.05, 0) is 55.2 Å². The Morgan fingerprint density at radius 3 is 2.03 bits per heavy atom. The molecular formula is C22H31N3O4S2. The van der Waals surface area contributed by atoms with E-state index in [2.05, 4.69) is 16.5 Å². The van der Waals surface area contributed by atoms with Crippen molar-refractivity contribution in [2.75, 3.05) is 35.8 Å². The molecule has 1 saturated heterocycles. The van der Waals surface area contributed by atoms with Gasteiger partial charge in [-0.15, -0.1) is 0 Å². The molecule has 170 valence electrons. The Balaban J connectivity index is 1.84. The number of nitrogens with one attached hydrogen (secondary N) is 1. The van der Waals surface area contributed by atoms with Gasteiger partial charge in [-0.2, -0.15) is 4.31 Å². The Morgan fingerprint density at radius 2 is 1.45 bits per heavy atom. The Hall–Kier alpha value is -2.10. The normalized spacial score (nSPS) is 15.9. The molecule has 0 atom stereocenters. The van der Waals surface area contributed by atoms with Gasteiger partial charge < -0.3 is 4.90 Å². The lowest BCUT2D eigenvalue weighted by atomic mass is 9.98. The first-order chi connectivity index (χ1) is 14.7. The number of anilines is 2. The SMILES string of the molecule is CCN(CC)S(=O)(=O)c1ccc(S(=O)(=O)Nc2ccccc2N2CCC(C)CC2)cc1. The monoisotopic (exact) mass is 465 g/mol. The topological polar surface area (TPSA) is 86.8 Å². The third kappa shape index (κ3) is 5.22. The minimum atomic E-state index is -3.86. The van der Waals surface area contributed by atoms with Crippen LogP contribution in [0.1, 0.15) is 33.6 Å². The van der Waals surface area contributed by atoms with Crippen LogP contribution >= 0.6 is 0 Å². The van der Waals surface area contributed by atoms with E-state index in [0.29, 0.717) is 24.7 Å². The molecule has 1 aliphatic rings. The Bertz CT molecular complexity index is 1090. The lowest BCUT2D eigenvalue weighted by molar-refractivity contribution is 0.438. The minimum absolute atomic E-state index is 0.0214. The molecule has 2 aromatic carbocycles. The molecule has 1 fully saturated rings. The van der Waals surface area contributed by atoms with Gasteiger partial charge in [-0.3, -0.25) is 4.72 Å². The highest BCUT2D eigenvalue weighted by molar-refractivity contribution is 7.92. The van der Waals surface area contributed by atoms with Crippen LogP contribution in [-0.4, -0.2) is 47.3 Å². The molecule has 0 saturated carbocycles. The zero-order chi connectivity index (χ0) is 22.6. The second-order valence-corrected chi connectivity index (χ2v) is 11.5. The molecule has 0 aromatic heterocycles. The van der Waals surface area contributed by atoms with E-state index in [4.69, 9.17) is 0 Å². The zero-order valence-corrected chi connectivity index (χ0v) is 19.9. The highest BCUT2D eigenvalue weighted by Gasteiger charge is 2.24. The van der Waals surface area contributed by atoms with E-state index in [1.165, 1.54) is 28.6 Å². The van der Waals surface area contributed by atoms with Crippen LogP contribution in [0.25, 0.3) is 0 Å². The number of hydrogen-bond donors (Lipinski definition) is 1. The maximum atomic E-state index is 13.0. The lowest BCUT2D eigenvalue weighted by Gasteiger charge is -2.33. The minimum Gasteiger partial charge on any atom is -0.370 e. The van der Waals surface area contributed by atoms with Crippen LogP contribution in [0.15, 0.2) is 58.3 Å². The van der Waals surface area contributed by atoms with Crippen LogP contribution < -0.4 is 9.62 Å². The Labute approximate surface area is 186 Å². The van der Waals surface area contributed by atoms with Crippen LogP contribution in [0.2, 0.25) is 0 Å². The molecule has 0 amide bonds. The number of piperidine rings is 1. The molecule has 1 heterocycles. The van der Waals surface area contributed by atoms with E-state index >= 15 is 0 Å². The van der Waals surface area contributed by atoms with Gasteiger partial charge in [0.05, 0.1) is 21.2 Å². The van der Waals surface area contributed by atoms with Crippen molar-refractivity contribution < 1.29 is 16.8 Å². The first-order valence-corrected chi connectivity index (χ1v) is 13.6. The molecule has 0 aliphatic carbocycles. The summed E-state index contributed by atoms with van der Waals surface area (Å²) in [7, 11) is -7.50. The van der Waals surface area contributed by atoms with Crippen molar-refractivity contribution in [2.24, 2.45) is 5.92 Å². The molecule has 0 radical (unpaired) electrons. The summed E-state index contributed by atoms with van der Waals surface area (Å²) in [6.45, 7) is 8.25. The van der Waals surface area contributed by atoms with Crippen molar-refractivity contribution in [3.8, 4) is 0 Å². The largest absolute Gasteiger partial charge is 0.370 e. The van der Waals surface area contributed by atoms with Crippen LogP contribution in [0.4, 0.5) is 11.4 Å². The van der Waals surface area contributed by atoms with Gasteiger partial charge in [-0.25, -0.2) is 16.8 Å². The third-order valence-electron chi connectivity index (χ3n) is 5.75. The number of nitrogens with zero attached hydrogens (tertiary/aromatic N) is 2. The predicted octanol–water partition coefficient (Wildman–Crippen LogP) is 3.75. The third-order valence-corrected chi connectivity index (χ3v) is 9.20. The number of sulfonamides is 2. The van der Waals surface area contributed by atoms with E-state index < -0.39 is 20.0 Å². The smallest absolute Gasteiger partial charge is 0.261 e. The van der Waals surface area contributed by atoms with E-state index in [-0.39, 0.29) is 9.79 Å². The number of benzene rings is 2. The van der Waals surface area contributed by atoms with Gasteiger partial charge in [-0.1, -0.05) is 32.9 Å². The quantitative estimate of drug-likeness (QED) is 0.642. The predicted molar refractivity (Wildman–Crippen MR) is 124 cm³/mol. The van der Waals surface area contributed by atoms with E-state index in [1.807, 2.05) is 12.1 Å². The van der Waals surface area contributed by atoms with Gasteiger partial charge >= 0.3 is 0 Å². The molecule has 7 nitrogen and oxygen atoms in total. The molecular weight excluding hydrogens is 434 g/mol. The zero-order valence-electron chi connectivity index (χ0n) is 18.3. The van der Waals surface area contributed by atoms with Crippen LogP contribution in [-0.2, 0) is 20.0 Å². The molecule has 0 bridgehead atoms. The van der Waals surface area contributed by atoms with Crippen LogP contribution in [0.5, 0.6) is 0 Å². The highest BCUT2D eigenvalue weighted by Crippen LogP contribution is 2.31. The number of para-hydroxylation sites is 2. The summed E-state index contributed by atoms with van der Waals surface area (Å²) in [4.78, 5) is 2.31. The second kappa shape index (κ2) is 9.58. The average Bonchev–Trinajstić information content (AvgIpc) is 2.75.